The molecule has 0 amide bonds. The average molecular weight is 496 g/mol. The van der Waals surface area contributed by atoms with E-state index in [9.17, 15) is 14.0 Å². The van der Waals surface area contributed by atoms with Crippen LogP contribution < -0.4 is 0 Å². The first kappa shape index (κ1) is 30.8. The zero-order chi connectivity index (χ0) is 24.3. The second-order valence-corrected chi connectivity index (χ2v) is 9.47. The maximum Gasteiger partial charge on any atom is 0.474 e. The van der Waals surface area contributed by atoms with Gasteiger partial charge in [0.2, 0.25) is 0 Å². The van der Waals surface area contributed by atoms with Crippen LogP contribution in [0.25, 0.3) is 0 Å². The molecule has 0 aliphatic rings. The van der Waals surface area contributed by atoms with Gasteiger partial charge in [-0.1, -0.05) is 11.8 Å². The molecule has 32 heavy (non-hydrogen) atoms. The monoisotopic (exact) mass is 496 g/mol. The summed E-state index contributed by atoms with van der Waals surface area (Å²) >= 11 is 0. The lowest BCUT2D eigenvalue weighted by Crippen LogP contribution is -2.41. The summed E-state index contributed by atoms with van der Waals surface area (Å²) in [5, 5.41) is 8.78. The molecular formula is C19H30O11P2. The lowest BCUT2D eigenvalue weighted by molar-refractivity contribution is -0.0672. The summed E-state index contributed by atoms with van der Waals surface area (Å²) in [6, 6.07) is 0. The van der Waals surface area contributed by atoms with E-state index in [1.165, 1.54) is 0 Å². The molecule has 0 saturated heterocycles. The topological polar surface area (TPSA) is 139 Å². The van der Waals surface area contributed by atoms with E-state index in [0.717, 1.165) is 7.11 Å². The minimum atomic E-state index is -4.50. The smallest absolute Gasteiger partial charge is 0.396 e. The Morgan fingerprint density at radius 3 is 1.94 bits per heavy atom. The lowest BCUT2D eigenvalue weighted by atomic mass is 9.92. The number of phosphoric ester groups is 2. The van der Waals surface area contributed by atoms with E-state index in [1.807, 2.05) is 0 Å². The number of phosphoric acid groups is 2. The second-order valence-electron chi connectivity index (χ2n) is 6.24. The van der Waals surface area contributed by atoms with Crippen LogP contribution in [0.3, 0.4) is 0 Å². The molecule has 13 heteroatoms. The molecule has 0 saturated carbocycles. The molecule has 0 rings (SSSR count). The molecule has 0 aliphatic heterocycles. The quantitative estimate of drug-likeness (QED) is 0.144. The van der Waals surface area contributed by atoms with E-state index in [0.29, 0.717) is 0 Å². The Bertz CT molecular complexity index is 715. The molecule has 0 bridgehead atoms. The number of terminal acetylenes is 3. The van der Waals surface area contributed by atoms with Crippen molar-refractivity contribution in [2.24, 2.45) is 5.41 Å². The molecule has 2 unspecified atom stereocenters. The Morgan fingerprint density at radius 2 is 1.44 bits per heavy atom. The van der Waals surface area contributed by atoms with Crippen molar-refractivity contribution >= 4 is 15.6 Å². The van der Waals surface area contributed by atoms with Gasteiger partial charge in [-0.15, -0.1) is 25.2 Å². The van der Waals surface area contributed by atoms with E-state index >= 15 is 0 Å². The van der Waals surface area contributed by atoms with Gasteiger partial charge in [-0.25, -0.2) is 9.13 Å². The van der Waals surface area contributed by atoms with Crippen LogP contribution in [0.1, 0.15) is 12.8 Å². The van der Waals surface area contributed by atoms with Crippen LogP contribution in [-0.4, -0.2) is 76.6 Å². The van der Waals surface area contributed by atoms with Crippen LogP contribution in [0.15, 0.2) is 0 Å². The van der Waals surface area contributed by atoms with Gasteiger partial charge in [0.05, 0.1) is 45.1 Å². The number of ether oxygens (including phenoxy) is 2. The maximum absolute atomic E-state index is 12.7. The van der Waals surface area contributed by atoms with Gasteiger partial charge in [0.1, 0.15) is 13.2 Å². The normalized spacial score (nSPS) is 15.1. The summed E-state index contributed by atoms with van der Waals surface area (Å²) in [6.45, 7) is -2.01. The minimum absolute atomic E-state index is 0.0865. The maximum atomic E-state index is 12.7. The van der Waals surface area contributed by atoms with Crippen LogP contribution >= 0.6 is 15.6 Å². The molecule has 2 N–H and O–H groups in total. The van der Waals surface area contributed by atoms with Crippen molar-refractivity contribution in [3.05, 3.63) is 0 Å². The van der Waals surface area contributed by atoms with Gasteiger partial charge in [0.25, 0.3) is 0 Å². The highest BCUT2D eigenvalue weighted by Crippen LogP contribution is 2.50. The van der Waals surface area contributed by atoms with Gasteiger partial charge in [0, 0.05) is 20.1 Å². The highest BCUT2D eigenvalue weighted by molar-refractivity contribution is 7.48. The van der Waals surface area contributed by atoms with Crippen LogP contribution in [0.4, 0.5) is 0 Å². The summed E-state index contributed by atoms with van der Waals surface area (Å²) < 4.78 is 60.7. The number of hydrogen-bond acceptors (Lipinski definition) is 10. The molecule has 0 fully saturated rings. The second kappa shape index (κ2) is 17.3. The molecule has 11 nitrogen and oxygen atoms in total. The number of aliphatic hydroxyl groups is 1. The Hall–Kier alpha value is -1.22. The molecule has 0 aromatic heterocycles. The van der Waals surface area contributed by atoms with Crippen molar-refractivity contribution in [3.8, 4) is 37.0 Å². The summed E-state index contributed by atoms with van der Waals surface area (Å²) in [5.74, 6) is 6.88. The standard InChI is InChI=1S/C19H30O11P2/c1-5-8-13-28-32(23,24-4)30-18-19(15-25-11-6-2,16-26-12-7-3)17-29-31(21,22)27-14-9-10-20/h1-3,20H,8-18H2,4H3,(H,21,22). The van der Waals surface area contributed by atoms with Crippen LogP contribution in [0, 0.1) is 42.4 Å². The number of hydrogen-bond donors (Lipinski definition) is 2. The molecule has 182 valence electrons. The van der Waals surface area contributed by atoms with E-state index in [2.05, 4.69) is 17.8 Å². The zero-order valence-corrected chi connectivity index (χ0v) is 19.8. The molecule has 0 radical (unpaired) electrons. The SMILES string of the molecule is C#CCCOP(=O)(OC)OCC(COCC#C)(COCC#C)COP(=O)(O)OCCCO. The van der Waals surface area contributed by atoms with E-state index < -0.39 is 34.3 Å². The largest absolute Gasteiger partial charge is 0.474 e. The average Bonchev–Trinajstić information content (AvgIpc) is 2.77. The Balaban J connectivity index is 5.50. The van der Waals surface area contributed by atoms with Crippen molar-refractivity contribution in [3.63, 3.8) is 0 Å². The van der Waals surface area contributed by atoms with Crippen molar-refractivity contribution < 1.29 is 51.2 Å². The molecule has 0 aromatic carbocycles. The highest BCUT2D eigenvalue weighted by atomic mass is 31.2. The van der Waals surface area contributed by atoms with Gasteiger partial charge in [-0.3, -0.25) is 22.6 Å². The van der Waals surface area contributed by atoms with Crippen LogP contribution in [-0.2, 0) is 41.2 Å². The van der Waals surface area contributed by atoms with Gasteiger partial charge in [-0.05, 0) is 6.42 Å². The zero-order valence-electron chi connectivity index (χ0n) is 18.0. The Morgan fingerprint density at radius 1 is 0.844 bits per heavy atom. The molecule has 0 heterocycles. The van der Waals surface area contributed by atoms with Crippen LogP contribution in [0.2, 0.25) is 0 Å². The van der Waals surface area contributed by atoms with E-state index in [-0.39, 0.29) is 59.1 Å². The fourth-order valence-corrected chi connectivity index (χ4v) is 3.88. The summed E-state index contributed by atoms with van der Waals surface area (Å²) in [5.41, 5.74) is -1.31. The van der Waals surface area contributed by atoms with Crippen molar-refractivity contribution in [2.45, 2.75) is 12.8 Å². The summed E-state index contributed by atoms with van der Waals surface area (Å²) in [4.78, 5) is 9.88. The Kier molecular flexibility index (Phi) is 16.6. The number of aliphatic hydroxyl groups excluding tert-OH is 1. The first-order valence-corrected chi connectivity index (χ1v) is 12.3. The van der Waals surface area contributed by atoms with Gasteiger partial charge >= 0.3 is 15.6 Å². The predicted molar refractivity (Wildman–Crippen MR) is 115 cm³/mol. The van der Waals surface area contributed by atoms with Gasteiger partial charge in [0.15, 0.2) is 0 Å². The highest BCUT2D eigenvalue weighted by Gasteiger charge is 2.39. The van der Waals surface area contributed by atoms with Gasteiger partial charge < -0.3 is 19.5 Å². The molecular weight excluding hydrogens is 466 g/mol. The van der Waals surface area contributed by atoms with Gasteiger partial charge in [-0.2, -0.15) is 0 Å². The summed E-state index contributed by atoms with van der Waals surface area (Å²) in [7, 11) is -7.41. The molecule has 2 atom stereocenters. The third-order valence-corrected chi connectivity index (χ3v) is 5.88. The van der Waals surface area contributed by atoms with Crippen LogP contribution in [0.5, 0.6) is 0 Å². The third-order valence-electron chi connectivity index (χ3n) is 3.53. The third kappa shape index (κ3) is 14.0. The van der Waals surface area contributed by atoms with Crippen molar-refractivity contribution in [1.29, 1.82) is 0 Å². The summed E-state index contributed by atoms with van der Waals surface area (Å²) in [6.07, 6.45) is 15.8. The van der Waals surface area contributed by atoms with Crippen molar-refractivity contribution in [1.82, 2.24) is 0 Å². The predicted octanol–water partition coefficient (Wildman–Crippen LogP) is 1.60. The first-order valence-electron chi connectivity index (χ1n) is 9.35. The number of rotatable bonds is 20. The molecule has 0 spiro atoms. The fraction of sp³-hybridized carbons (Fsp3) is 0.684. The van der Waals surface area contributed by atoms with E-state index in [1.54, 1.807) is 0 Å². The minimum Gasteiger partial charge on any atom is -0.396 e. The van der Waals surface area contributed by atoms with E-state index in [4.69, 9.17) is 56.5 Å². The Labute approximate surface area is 189 Å². The first-order chi connectivity index (χ1) is 15.2. The molecule has 0 aliphatic carbocycles. The fourth-order valence-electron chi connectivity index (χ4n) is 1.98. The molecule has 0 aromatic rings. The van der Waals surface area contributed by atoms with Crippen molar-refractivity contribution in [2.75, 3.05) is 66.6 Å². The lowest BCUT2D eigenvalue weighted by Gasteiger charge is -2.33.